The van der Waals surface area contributed by atoms with Crippen molar-refractivity contribution in [1.29, 1.82) is 0 Å². The maximum absolute atomic E-state index is 12.9. The van der Waals surface area contributed by atoms with Crippen LogP contribution < -0.4 is 20.7 Å². The number of fused-ring (bicyclic) bond motifs is 2. The Morgan fingerprint density at radius 1 is 1.28 bits per heavy atom. The van der Waals surface area contributed by atoms with Crippen molar-refractivity contribution in [3.05, 3.63) is 41.2 Å². The van der Waals surface area contributed by atoms with E-state index in [1.54, 1.807) is 6.20 Å². The predicted molar refractivity (Wildman–Crippen MR) is 122 cm³/mol. The molecule has 0 fully saturated rings. The number of nitrogens with zero attached hydrogens (tertiary/aromatic N) is 2. The zero-order valence-corrected chi connectivity index (χ0v) is 19.3. The number of anilines is 1. The Balaban J connectivity index is 1.49. The molecule has 0 bridgehead atoms. The Kier molecular flexibility index (Phi) is 5.79. The van der Waals surface area contributed by atoms with Crippen LogP contribution in [0.3, 0.4) is 0 Å². The lowest BCUT2D eigenvalue weighted by molar-refractivity contribution is -0.123. The summed E-state index contributed by atoms with van der Waals surface area (Å²) in [6.45, 7) is 10.3. The molecule has 1 aromatic heterocycles. The van der Waals surface area contributed by atoms with Gasteiger partial charge in [-0.1, -0.05) is 26.8 Å². The number of hydrogen-bond donors (Lipinski definition) is 3. The molecule has 3 atom stereocenters. The number of ether oxygens (including phenoxy) is 1. The zero-order chi connectivity index (χ0) is 23.0. The van der Waals surface area contributed by atoms with Gasteiger partial charge in [-0.15, -0.1) is 0 Å². The average molecular weight is 438 g/mol. The smallest absolute Gasteiger partial charge is 0.238 e. The lowest BCUT2D eigenvalue weighted by Gasteiger charge is -2.29. The minimum Gasteiger partial charge on any atom is -0.437 e. The fraction of sp³-hybridized carbons (Fsp3) is 0.500. The molecule has 1 aliphatic heterocycles. The first-order valence-electron chi connectivity index (χ1n) is 11.1. The monoisotopic (exact) mass is 437 g/mol. The molecule has 32 heavy (non-hydrogen) atoms. The molecule has 170 valence electrons. The van der Waals surface area contributed by atoms with Crippen LogP contribution in [-0.2, 0) is 16.0 Å². The van der Waals surface area contributed by atoms with Crippen LogP contribution in [0.2, 0.25) is 0 Å². The lowest BCUT2D eigenvalue weighted by Crippen LogP contribution is -2.44. The number of rotatable bonds is 5. The Labute approximate surface area is 188 Å². The number of carbonyl (C=O) groups excluding carboxylic acids is 2. The summed E-state index contributed by atoms with van der Waals surface area (Å²) >= 11 is 0. The topological polar surface area (TPSA) is 105 Å². The highest BCUT2D eigenvalue weighted by Crippen LogP contribution is 2.36. The highest BCUT2D eigenvalue weighted by atomic mass is 16.5. The van der Waals surface area contributed by atoms with Crippen LogP contribution in [0.1, 0.15) is 69.8 Å². The van der Waals surface area contributed by atoms with E-state index in [0.29, 0.717) is 29.7 Å². The van der Waals surface area contributed by atoms with E-state index in [9.17, 15) is 9.59 Å². The van der Waals surface area contributed by atoms with E-state index < -0.39 is 5.92 Å². The summed E-state index contributed by atoms with van der Waals surface area (Å²) in [6, 6.07) is 5.93. The quantitative estimate of drug-likeness (QED) is 0.662. The van der Waals surface area contributed by atoms with Crippen molar-refractivity contribution in [3.8, 4) is 11.6 Å². The number of amides is 2. The summed E-state index contributed by atoms with van der Waals surface area (Å²) < 4.78 is 5.99. The van der Waals surface area contributed by atoms with Gasteiger partial charge in [0.25, 0.3) is 0 Å². The third kappa shape index (κ3) is 4.54. The first-order chi connectivity index (χ1) is 15.1. The lowest BCUT2D eigenvalue weighted by atomic mass is 9.87. The van der Waals surface area contributed by atoms with Crippen molar-refractivity contribution in [2.24, 2.45) is 5.41 Å². The van der Waals surface area contributed by atoms with Gasteiger partial charge in [0.05, 0.1) is 12.2 Å². The van der Waals surface area contributed by atoms with E-state index in [4.69, 9.17) is 4.74 Å². The second-order valence-electron chi connectivity index (χ2n) is 9.73. The number of aryl methyl sites for hydroxylation is 1. The molecule has 1 aliphatic carbocycles. The van der Waals surface area contributed by atoms with Gasteiger partial charge in [-0.05, 0) is 48.4 Å². The van der Waals surface area contributed by atoms with Crippen LogP contribution in [0.15, 0.2) is 24.4 Å². The molecule has 4 rings (SSSR count). The van der Waals surface area contributed by atoms with Crippen molar-refractivity contribution >= 4 is 17.6 Å². The second-order valence-corrected chi connectivity index (χ2v) is 9.73. The summed E-state index contributed by atoms with van der Waals surface area (Å²) in [5.74, 6) is 1.13. The molecule has 3 N–H and O–H groups in total. The minimum atomic E-state index is -0.413. The molecule has 8 heteroatoms. The average Bonchev–Trinajstić information content (AvgIpc) is 3.30. The second kappa shape index (κ2) is 8.41. The van der Waals surface area contributed by atoms with E-state index in [-0.39, 0.29) is 29.3 Å². The number of nitrogens with one attached hydrogen (secondary N) is 3. The third-order valence-electron chi connectivity index (χ3n) is 6.35. The standard InChI is InChI=1S/C24H31N5O3/c1-13(24(3,4)5)27-23(31)18-11-25-22-21(18)29-20(12-26-22)32-16-7-8-17-15(10-16)6-9-19(17)28-14(2)30/h7-8,10,12-13,18-19H,6,9,11H2,1-5H3,(H,25,26)(H,27,31)(H,28,30)/t13-,18?,19+/m0/s1. The molecule has 2 amide bonds. The summed E-state index contributed by atoms with van der Waals surface area (Å²) in [6.07, 6.45) is 3.33. The number of hydrogen-bond acceptors (Lipinski definition) is 6. The largest absolute Gasteiger partial charge is 0.437 e. The van der Waals surface area contributed by atoms with Crippen LogP contribution >= 0.6 is 0 Å². The van der Waals surface area contributed by atoms with Gasteiger partial charge >= 0.3 is 0 Å². The van der Waals surface area contributed by atoms with Crippen LogP contribution in [0.4, 0.5) is 5.82 Å². The van der Waals surface area contributed by atoms with Crippen LogP contribution in [0.25, 0.3) is 0 Å². The van der Waals surface area contributed by atoms with Crippen LogP contribution in [0, 0.1) is 5.41 Å². The van der Waals surface area contributed by atoms with Crippen molar-refractivity contribution in [1.82, 2.24) is 20.6 Å². The van der Waals surface area contributed by atoms with Crippen LogP contribution in [-0.4, -0.2) is 34.4 Å². The molecule has 2 aromatic rings. The summed E-state index contributed by atoms with van der Waals surface area (Å²) in [7, 11) is 0. The fourth-order valence-corrected chi connectivity index (χ4v) is 4.03. The van der Waals surface area contributed by atoms with Crippen molar-refractivity contribution in [2.45, 2.75) is 65.5 Å². The molecule has 0 saturated carbocycles. The number of benzene rings is 1. The molecule has 1 aromatic carbocycles. The van der Waals surface area contributed by atoms with E-state index in [0.717, 1.165) is 24.0 Å². The predicted octanol–water partition coefficient (Wildman–Crippen LogP) is 3.45. The molecule has 0 spiro atoms. The normalized spacial score (nSPS) is 20.0. The molecular formula is C24H31N5O3. The molecule has 1 unspecified atom stereocenters. The molecule has 2 heterocycles. The van der Waals surface area contributed by atoms with E-state index >= 15 is 0 Å². The summed E-state index contributed by atoms with van der Waals surface area (Å²) in [5.41, 5.74) is 2.85. The highest BCUT2D eigenvalue weighted by Gasteiger charge is 2.34. The minimum absolute atomic E-state index is 0.0270. The van der Waals surface area contributed by atoms with Gasteiger partial charge in [0.15, 0.2) is 0 Å². The Morgan fingerprint density at radius 3 is 2.78 bits per heavy atom. The summed E-state index contributed by atoms with van der Waals surface area (Å²) in [4.78, 5) is 33.3. The van der Waals surface area contributed by atoms with Crippen molar-refractivity contribution < 1.29 is 14.3 Å². The molecule has 8 nitrogen and oxygen atoms in total. The highest BCUT2D eigenvalue weighted by molar-refractivity contribution is 5.87. The van der Waals surface area contributed by atoms with Gasteiger partial charge < -0.3 is 20.7 Å². The maximum Gasteiger partial charge on any atom is 0.238 e. The van der Waals surface area contributed by atoms with Gasteiger partial charge in [-0.2, -0.15) is 0 Å². The first-order valence-corrected chi connectivity index (χ1v) is 11.1. The maximum atomic E-state index is 12.9. The Bertz CT molecular complexity index is 1050. The van der Waals surface area contributed by atoms with E-state index in [2.05, 4.69) is 46.7 Å². The van der Waals surface area contributed by atoms with E-state index in [1.165, 1.54) is 6.92 Å². The zero-order valence-electron chi connectivity index (χ0n) is 19.3. The van der Waals surface area contributed by atoms with Gasteiger partial charge in [0.1, 0.15) is 23.2 Å². The SMILES string of the molecule is CC(=O)N[C@@H]1CCc2cc(Oc3cnc4c(n3)C(C(=O)N[C@@H](C)C(C)(C)C)CN4)ccc21. The number of aromatic nitrogens is 2. The first kappa shape index (κ1) is 22.0. The molecule has 2 aliphatic rings. The fourth-order valence-electron chi connectivity index (χ4n) is 4.03. The Hall–Kier alpha value is -3.16. The van der Waals surface area contributed by atoms with Gasteiger partial charge in [-0.25, -0.2) is 9.97 Å². The molecular weight excluding hydrogens is 406 g/mol. The number of carbonyl (C=O) groups is 2. The van der Waals surface area contributed by atoms with E-state index in [1.807, 2.05) is 25.1 Å². The van der Waals surface area contributed by atoms with Gasteiger partial charge in [0, 0.05) is 19.5 Å². The summed E-state index contributed by atoms with van der Waals surface area (Å²) in [5, 5.41) is 9.25. The van der Waals surface area contributed by atoms with Crippen molar-refractivity contribution in [3.63, 3.8) is 0 Å². The molecule has 0 radical (unpaired) electrons. The third-order valence-corrected chi connectivity index (χ3v) is 6.35. The Morgan fingerprint density at radius 2 is 2.06 bits per heavy atom. The van der Waals surface area contributed by atoms with Gasteiger partial charge in [0.2, 0.25) is 17.7 Å². The van der Waals surface area contributed by atoms with Crippen molar-refractivity contribution in [2.75, 3.05) is 11.9 Å². The molecule has 0 saturated heterocycles. The van der Waals surface area contributed by atoms with Gasteiger partial charge in [-0.3, -0.25) is 9.59 Å². The van der Waals surface area contributed by atoms with Crippen LogP contribution in [0.5, 0.6) is 11.6 Å².